The predicted molar refractivity (Wildman–Crippen MR) is 40.2 cm³/mol. The summed E-state index contributed by atoms with van der Waals surface area (Å²) in [5.41, 5.74) is -1.29. The molecule has 1 saturated carbocycles. The maximum atomic E-state index is 11.1. The van der Waals surface area contributed by atoms with Crippen molar-refractivity contribution in [2.75, 3.05) is 14.2 Å². The Kier molecular flexibility index (Phi) is 2.24. The summed E-state index contributed by atoms with van der Waals surface area (Å²) in [4.78, 5) is 22.1. The van der Waals surface area contributed by atoms with Crippen LogP contribution in [-0.4, -0.2) is 26.2 Å². The zero-order valence-corrected chi connectivity index (χ0v) is 7.36. The summed E-state index contributed by atoms with van der Waals surface area (Å²) in [6.45, 7) is 0. The molecule has 1 rings (SSSR count). The Labute approximate surface area is 75.2 Å². The van der Waals surface area contributed by atoms with E-state index >= 15 is 0 Å². The Morgan fingerprint density at radius 3 is 2.46 bits per heavy atom. The molecule has 2 atom stereocenters. The zero-order valence-electron chi connectivity index (χ0n) is 7.36. The third-order valence-corrected chi connectivity index (χ3v) is 2.20. The number of esters is 2. The number of ether oxygens (including phenoxy) is 2. The SMILES string of the molecule is COC(=O)C1CC1(C#N)C(=O)OC. The van der Waals surface area contributed by atoms with Crippen molar-refractivity contribution in [2.24, 2.45) is 11.3 Å². The standard InChI is InChI=1S/C8H9NO4/c1-12-6(10)5-3-8(5,4-9)7(11)13-2/h5H,3H2,1-2H3. The molecule has 13 heavy (non-hydrogen) atoms. The number of nitrogens with zero attached hydrogens (tertiary/aromatic N) is 1. The molecule has 2 unspecified atom stereocenters. The Morgan fingerprint density at radius 2 is 2.08 bits per heavy atom. The molecule has 0 aromatic rings. The second kappa shape index (κ2) is 3.05. The van der Waals surface area contributed by atoms with Crippen molar-refractivity contribution < 1.29 is 19.1 Å². The van der Waals surface area contributed by atoms with E-state index in [0.717, 1.165) is 0 Å². The van der Waals surface area contributed by atoms with Crippen molar-refractivity contribution in [3.8, 4) is 6.07 Å². The van der Waals surface area contributed by atoms with Gasteiger partial charge in [-0.25, -0.2) is 0 Å². The molecule has 1 fully saturated rings. The number of rotatable bonds is 2. The molecule has 1 aliphatic rings. The molecule has 0 aromatic heterocycles. The van der Waals surface area contributed by atoms with E-state index in [1.54, 1.807) is 6.07 Å². The van der Waals surface area contributed by atoms with Crippen LogP contribution in [0.1, 0.15) is 6.42 Å². The minimum Gasteiger partial charge on any atom is -0.469 e. The van der Waals surface area contributed by atoms with Gasteiger partial charge in [0.15, 0.2) is 5.41 Å². The Morgan fingerprint density at radius 1 is 1.46 bits per heavy atom. The minimum absolute atomic E-state index is 0.197. The summed E-state index contributed by atoms with van der Waals surface area (Å²) in [6.07, 6.45) is 0.197. The average molecular weight is 183 g/mol. The lowest BCUT2D eigenvalue weighted by Gasteiger charge is -2.03. The van der Waals surface area contributed by atoms with Crippen LogP contribution in [0.3, 0.4) is 0 Å². The number of nitriles is 1. The molecule has 70 valence electrons. The van der Waals surface area contributed by atoms with Crippen molar-refractivity contribution >= 4 is 11.9 Å². The molecule has 0 saturated heterocycles. The second-order valence-electron chi connectivity index (χ2n) is 2.85. The lowest BCUT2D eigenvalue weighted by molar-refractivity contribution is -0.150. The molecule has 0 aromatic carbocycles. The number of hydrogen-bond acceptors (Lipinski definition) is 5. The van der Waals surface area contributed by atoms with Crippen LogP contribution in [0.15, 0.2) is 0 Å². The summed E-state index contributed by atoms with van der Waals surface area (Å²) < 4.78 is 8.85. The quantitative estimate of drug-likeness (QED) is 0.557. The highest BCUT2D eigenvalue weighted by Crippen LogP contribution is 2.53. The van der Waals surface area contributed by atoms with E-state index < -0.39 is 23.3 Å². The van der Waals surface area contributed by atoms with Crippen LogP contribution in [0.25, 0.3) is 0 Å². The summed E-state index contributed by atoms with van der Waals surface area (Å²) in [6, 6.07) is 1.79. The Bertz CT molecular complexity index is 293. The number of carbonyl (C=O) groups is 2. The van der Waals surface area contributed by atoms with Crippen molar-refractivity contribution in [2.45, 2.75) is 6.42 Å². The molecule has 0 heterocycles. The summed E-state index contributed by atoms with van der Waals surface area (Å²) in [5.74, 6) is -1.85. The van der Waals surface area contributed by atoms with Gasteiger partial charge in [0.1, 0.15) is 0 Å². The molecular formula is C8H9NO4. The largest absolute Gasteiger partial charge is 0.469 e. The Hall–Kier alpha value is -1.57. The van der Waals surface area contributed by atoms with Crippen molar-refractivity contribution in [3.63, 3.8) is 0 Å². The molecule has 0 spiro atoms. The van der Waals surface area contributed by atoms with E-state index in [-0.39, 0.29) is 6.42 Å². The van der Waals surface area contributed by atoms with Gasteiger partial charge in [0.25, 0.3) is 0 Å². The molecule has 0 N–H and O–H groups in total. The van der Waals surface area contributed by atoms with Crippen molar-refractivity contribution in [3.05, 3.63) is 0 Å². The molecule has 0 radical (unpaired) electrons. The summed E-state index contributed by atoms with van der Waals surface area (Å²) in [7, 11) is 2.41. The lowest BCUT2D eigenvalue weighted by atomic mass is 10.1. The fourth-order valence-corrected chi connectivity index (χ4v) is 1.27. The second-order valence-corrected chi connectivity index (χ2v) is 2.85. The van der Waals surface area contributed by atoms with Crippen molar-refractivity contribution in [1.82, 2.24) is 0 Å². The molecule has 0 aliphatic heterocycles. The predicted octanol–water partition coefficient (Wildman–Crippen LogP) is -0.138. The van der Waals surface area contributed by atoms with Crippen LogP contribution < -0.4 is 0 Å². The van der Waals surface area contributed by atoms with Gasteiger partial charge in [-0.05, 0) is 6.42 Å². The van der Waals surface area contributed by atoms with Gasteiger partial charge in [0.05, 0.1) is 26.2 Å². The van der Waals surface area contributed by atoms with E-state index in [2.05, 4.69) is 9.47 Å². The number of hydrogen-bond donors (Lipinski definition) is 0. The van der Waals surface area contributed by atoms with Gasteiger partial charge in [0, 0.05) is 0 Å². The monoisotopic (exact) mass is 183 g/mol. The number of carbonyl (C=O) groups excluding carboxylic acids is 2. The highest BCUT2D eigenvalue weighted by atomic mass is 16.5. The minimum atomic E-state index is -1.29. The molecular weight excluding hydrogens is 174 g/mol. The maximum absolute atomic E-state index is 11.1. The van der Waals surface area contributed by atoms with E-state index in [1.807, 2.05) is 0 Å². The third kappa shape index (κ3) is 1.24. The van der Waals surface area contributed by atoms with Crippen LogP contribution in [0.4, 0.5) is 0 Å². The lowest BCUT2D eigenvalue weighted by Crippen LogP contribution is -2.21. The van der Waals surface area contributed by atoms with Crippen LogP contribution in [-0.2, 0) is 19.1 Å². The molecule has 5 heteroatoms. The summed E-state index contributed by atoms with van der Waals surface area (Å²) in [5, 5.41) is 8.71. The highest BCUT2D eigenvalue weighted by molar-refractivity contribution is 5.93. The smallest absolute Gasteiger partial charge is 0.327 e. The van der Waals surface area contributed by atoms with Crippen LogP contribution in [0.2, 0.25) is 0 Å². The first-order chi connectivity index (χ1) is 6.12. The Balaban J connectivity index is 2.76. The van der Waals surface area contributed by atoms with E-state index in [4.69, 9.17) is 5.26 Å². The van der Waals surface area contributed by atoms with Gasteiger partial charge in [0.2, 0.25) is 0 Å². The van der Waals surface area contributed by atoms with Gasteiger partial charge in [-0.3, -0.25) is 9.59 Å². The van der Waals surface area contributed by atoms with Crippen LogP contribution >= 0.6 is 0 Å². The highest BCUT2D eigenvalue weighted by Gasteiger charge is 2.66. The fourth-order valence-electron chi connectivity index (χ4n) is 1.27. The van der Waals surface area contributed by atoms with Gasteiger partial charge < -0.3 is 9.47 Å². The van der Waals surface area contributed by atoms with Crippen LogP contribution in [0, 0.1) is 22.7 Å². The third-order valence-electron chi connectivity index (χ3n) is 2.20. The van der Waals surface area contributed by atoms with Gasteiger partial charge >= 0.3 is 11.9 Å². The average Bonchev–Trinajstić information content (AvgIpc) is 2.91. The first-order valence-corrected chi connectivity index (χ1v) is 3.70. The first-order valence-electron chi connectivity index (χ1n) is 3.70. The van der Waals surface area contributed by atoms with Gasteiger partial charge in [-0.2, -0.15) is 5.26 Å². The zero-order chi connectivity index (χ0) is 10.1. The van der Waals surface area contributed by atoms with E-state index in [1.165, 1.54) is 14.2 Å². The van der Waals surface area contributed by atoms with Gasteiger partial charge in [-0.1, -0.05) is 0 Å². The topological polar surface area (TPSA) is 76.4 Å². The number of methoxy groups -OCH3 is 2. The fraction of sp³-hybridized carbons (Fsp3) is 0.625. The van der Waals surface area contributed by atoms with Gasteiger partial charge in [-0.15, -0.1) is 0 Å². The molecule has 0 amide bonds. The first kappa shape index (κ1) is 9.52. The summed E-state index contributed by atoms with van der Waals surface area (Å²) >= 11 is 0. The normalized spacial score (nSPS) is 30.1. The van der Waals surface area contributed by atoms with E-state index in [9.17, 15) is 9.59 Å². The van der Waals surface area contributed by atoms with Crippen molar-refractivity contribution in [1.29, 1.82) is 5.26 Å². The molecule has 1 aliphatic carbocycles. The molecule has 0 bridgehead atoms. The maximum Gasteiger partial charge on any atom is 0.327 e. The van der Waals surface area contributed by atoms with Crippen LogP contribution in [0.5, 0.6) is 0 Å². The molecule has 5 nitrogen and oxygen atoms in total. The van der Waals surface area contributed by atoms with E-state index in [0.29, 0.717) is 0 Å².